The highest BCUT2D eigenvalue weighted by atomic mass is 16.5. The predicted octanol–water partition coefficient (Wildman–Crippen LogP) is 2.30. The molecule has 0 unspecified atom stereocenters. The first-order valence-electron chi connectivity index (χ1n) is 7.39. The molecule has 3 atom stereocenters. The maximum atomic E-state index is 10.8. The number of nitrogens with one attached hydrogen (secondary N) is 1. The van der Waals surface area contributed by atoms with Gasteiger partial charge in [0.1, 0.15) is 0 Å². The van der Waals surface area contributed by atoms with E-state index in [2.05, 4.69) is 31.1 Å². The van der Waals surface area contributed by atoms with E-state index in [1.807, 2.05) is 25.1 Å². The van der Waals surface area contributed by atoms with Crippen LogP contribution in [0.4, 0.5) is 0 Å². The van der Waals surface area contributed by atoms with Crippen molar-refractivity contribution < 1.29 is 9.84 Å². The molecule has 1 saturated carbocycles. The third-order valence-corrected chi connectivity index (χ3v) is 4.73. The maximum Gasteiger partial charge on any atom is 0.0871 e. The van der Waals surface area contributed by atoms with Crippen LogP contribution < -0.4 is 5.32 Å². The lowest BCUT2D eigenvalue weighted by atomic mass is 9.56. The summed E-state index contributed by atoms with van der Waals surface area (Å²) in [6.45, 7) is 9.46. The van der Waals surface area contributed by atoms with Crippen LogP contribution in [0.15, 0.2) is 24.4 Å². The summed E-state index contributed by atoms with van der Waals surface area (Å²) in [4.78, 5) is 4.34. The average molecular weight is 278 g/mol. The van der Waals surface area contributed by atoms with E-state index in [1.54, 1.807) is 6.20 Å². The number of rotatable bonds is 6. The van der Waals surface area contributed by atoms with Crippen molar-refractivity contribution in [3.8, 4) is 0 Å². The Kier molecular flexibility index (Phi) is 4.47. The molecular formula is C16H26N2O2. The molecular weight excluding hydrogens is 252 g/mol. The van der Waals surface area contributed by atoms with Crippen LogP contribution in [0.3, 0.4) is 0 Å². The predicted molar refractivity (Wildman–Crippen MR) is 79.4 cm³/mol. The molecule has 4 nitrogen and oxygen atoms in total. The molecule has 2 rings (SSSR count). The fraction of sp³-hybridized carbons (Fsp3) is 0.688. The van der Waals surface area contributed by atoms with Gasteiger partial charge in [0.05, 0.1) is 17.4 Å². The molecule has 1 aliphatic carbocycles. The lowest BCUT2D eigenvalue weighted by molar-refractivity contribution is -0.238. The Morgan fingerprint density at radius 3 is 2.80 bits per heavy atom. The normalized spacial score (nSPS) is 29.8. The van der Waals surface area contributed by atoms with Gasteiger partial charge < -0.3 is 15.2 Å². The fourth-order valence-electron chi connectivity index (χ4n) is 2.82. The van der Waals surface area contributed by atoms with Gasteiger partial charge >= 0.3 is 0 Å². The molecule has 0 amide bonds. The zero-order chi connectivity index (χ0) is 14.8. The number of nitrogens with zero attached hydrogens (tertiary/aromatic N) is 1. The standard InChI is InChI=1S/C16H26N2O2/c1-5-20-14-10-16(19,15(14,3)4)11-18-12(2)13-8-6-7-9-17-13/h6-9,12,14,18-19H,5,10-11H2,1-4H3/t12-,14-,16+/m1/s1. The van der Waals surface area contributed by atoms with Gasteiger partial charge in [0.2, 0.25) is 0 Å². The van der Waals surface area contributed by atoms with Gasteiger partial charge in [-0.1, -0.05) is 19.9 Å². The molecule has 1 fully saturated rings. The lowest BCUT2D eigenvalue weighted by Gasteiger charge is -2.58. The minimum absolute atomic E-state index is 0.127. The van der Waals surface area contributed by atoms with E-state index < -0.39 is 5.60 Å². The first-order chi connectivity index (χ1) is 9.40. The Morgan fingerprint density at radius 1 is 1.50 bits per heavy atom. The number of ether oxygens (including phenoxy) is 1. The zero-order valence-corrected chi connectivity index (χ0v) is 12.9. The van der Waals surface area contributed by atoms with E-state index in [-0.39, 0.29) is 17.6 Å². The first-order valence-corrected chi connectivity index (χ1v) is 7.39. The van der Waals surface area contributed by atoms with E-state index in [0.29, 0.717) is 19.6 Å². The highest BCUT2D eigenvalue weighted by Gasteiger charge is 2.59. The molecule has 4 heteroatoms. The van der Waals surface area contributed by atoms with E-state index in [4.69, 9.17) is 4.74 Å². The Hall–Kier alpha value is -0.970. The number of aromatic nitrogens is 1. The van der Waals surface area contributed by atoms with Crippen molar-refractivity contribution in [2.75, 3.05) is 13.2 Å². The average Bonchev–Trinajstić information content (AvgIpc) is 2.45. The van der Waals surface area contributed by atoms with Crippen LogP contribution in [-0.4, -0.2) is 34.9 Å². The molecule has 2 N–H and O–H groups in total. The highest BCUT2D eigenvalue weighted by molar-refractivity contribution is 5.13. The van der Waals surface area contributed by atoms with Gasteiger partial charge in [-0.25, -0.2) is 0 Å². The van der Waals surface area contributed by atoms with Crippen molar-refractivity contribution in [3.05, 3.63) is 30.1 Å². The summed E-state index contributed by atoms with van der Waals surface area (Å²) in [7, 11) is 0. The van der Waals surface area contributed by atoms with Crippen LogP contribution >= 0.6 is 0 Å². The minimum Gasteiger partial charge on any atom is -0.388 e. The minimum atomic E-state index is -0.712. The van der Waals surface area contributed by atoms with Crippen molar-refractivity contribution in [1.29, 1.82) is 0 Å². The van der Waals surface area contributed by atoms with Gasteiger partial charge in [0.15, 0.2) is 0 Å². The molecule has 1 aliphatic rings. The second kappa shape index (κ2) is 5.80. The number of pyridine rings is 1. The number of aliphatic hydroxyl groups is 1. The monoisotopic (exact) mass is 278 g/mol. The second-order valence-corrected chi connectivity index (χ2v) is 6.26. The number of hydrogen-bond donors (Lipinski definition) is 2. The van der Waals surface area contributed by atoms with E-state index in [0.717, 1.165) is 5.69 Å². The van der Waals surface area contributed by atoms with Crippen LogP contribution in [0.2, 0.25) is 0 Å². The first kappa shape index (κ1) is 15.4. The Balaban J connectivity index is 1.91. The zero-order valence-electron chi connectivity index (χ0n) is 12.9. The Labute approximate surface area is 121 Å². The molecule has 0 saturated heterocycles. The maximum absolute atomic E-state index is 10.8. The van der Waals surface area contributed by atoms with Gasteiger partial charge in [0.25, 0.3) is 0 Å². The molecule has 0 spiro atoms. The van der Waals surface area contributed by atoms with Crippen LogP contribution in [0, 0.1) is 5.41 Å². The largest absolute Gasteiger partial charge is 0.388 e. The van der Waals surface area contributed by atoms with Gasteiger partial charge in [-0.15, -0.1) is 0 Å². The number of hydrogen-bond acceptors (Lipinski definition) is 4. The van der Waals surface area contributed by atoms with Crippen molar-refractivity contribution in [3.63, 3.8) is 0 Å². The molecule has 0 aromatic carbocycles. The fourth-order valence-corrected chi connectivity index (χ4v) is 2.82. The molecule has 20 heavy (non-hydrogen) atoms. The SMILES string of the molecule is CCO[C@@H]1C[C@](O)(CN[C@H](C)c2ccccn2)C1(C)C. The molecule has 0 radical (unpaired) electrons. The Bertz CT molecular complexity index is 435. The molecule has 0 bridgehead atoms. The molecule has 0 aliphatic heterocycles. The van der Waals surface area contributed by atoms with Gasteiger partial charge in [-0.3, -0.25) is 4.98 Å². The summed E-state index contributed by atoms with van der Waals surface area (Å²) in [6.07, 6.45) is 2.63. The van der Waals surface area contributed by atoms with Crippen molar-refractivity contribution in [1.82, 2.24) is 10.3 Å². The van der Waals surface area contributed by atoms with Crippen LogP contribution in [-0.2, 0) is 4.74 Å². The van der Waals surface area contributed by atoms with E-state index in [9.17, 15) is 5.11 Å². The lowest BCUT2D eigenvalue weighted by Crippen LogP contribution is -2.68. The van der Waals surface area contributed by atoms with Gasteiger partial charge in [-0.05, 0) is 26.0 Å². The summed E-state index contributed by atoms with van der Waals surface area (Å²) in [5.74, 6) is 0. The molecule has 1 aromatic rings. The molecule has 1 aromatic heterocycles. The summed E-state index contributed by atoms with van der Waals surface area (Å²) < 4.78 is 5.68. The second-order valence-electron chi connectivity index (χ2n) is 6.26. The van der Waals surface area contributed by atoms with Gasteiger partial charge in [0, 0.05) is 37.2 Å². The van der Waals surface area contributed by atoms with Crippen molar-refractivity contribution >= 4 is 0 Å². The summed E-state index contributed by atoms with van der Waals surface area (Å²) in [5, 5.41) is 14.2. The highest BCUT2D eigenvalue weighted by Crippen LogP contribution is 2.51. The van der Waals surface area contributed by atoms with Crippen LogP contribution in [0.1, 0.15) is 45.9 Å². The van der Waals surface area contributed by atoms with E-state index >= 15 is 0 Å². The third-order valence-electron chi connectivity index (χ3n) is 4.73. The summed E-state index contributed by atoms with van der Waals surface area (Å²) in [6, 6.07) is 6.01. The van der Waals surface area contributed by atoms with Crippen LogP contribution in [0.25, 0.3) is 0 Å². The smallest absolute Gasteiger partial charge is 0.0871 e. The summed E-state index contributed by atoms with van der Waals surface area (Å²) >= 11 is 0. The van der Waals surface area contributed by atoms with Crippen molar-refractivity contribution in [2.24, 2.45) is 5.41 Å². The molecule has 112 valence electrons. The topological polar surface area (TPSA) is 54.4 Å². The van der Waals surface area contributed by atoms with Crippen LogP contribution in [0.5, 0.6) is 0 Å². The quantitative estimate of drug-likeness (QED) is 0.838. The Morgan fingerprint density at radius 2 is 2.25 bits per heavy atom. The van der Waals surface area contributed by atoms with Crippen molar-refractivity contribution in [2.45, 2.75) is 51.9 Å². The summed E-state index contributed by atoms with van der Waals surface area (Å²) in [5.41, 5.74) is 0.0602. The van der Waals surface area contributed by atoms with Gasteiger partial charge in [-0.2, -0.15) is 0 Å². The molecule has 1 heterocycles. The van der Waals surface area contributed by atoms with E-state index in [1.165, 1.54) is 0 Å². The third kappa shape index (κ3) is 2.73.